The van der Waals surface area contributed by atoms with Crippen molar-refractivity contribution in [3.63, 3.8) is 0 Å². The van der Waals surface area contributed by atoms with Crippen LogP contribution in [0.2, 0.25) is 0 Å². The van der Waals surface area contributed by atoms with E-state index in [9.17, 15) is 9.59 Å². The molecule has 1 aliphatic carbocycles. The maximum absolute atomic E-state index is 13.6. The molecule has 2 heterocycles. The Morgan fingerprint density at radius 2 is 1.62 bits per heavy atom. The highest BCUT2D eigenvalue weighted by Crippen LogP contribution is 2.66. The number of nitrogens with zero attached hydrogens (tertiary/aromatic N) is 2. The summed E-state index contributed by atoms with van der Waals surface area (Å²) in [4.78, 5) is 30.4. The van der Waals surface area contributed by atoms with E-state index < -0.39 is 16.4 Å². The van der Waals surface area contributed by atoms with Crippen molar-refractivity contribution in [2.24, 2.45) is 10.8 Å². The molecule has 0 spiro atoms. The highest BCUT2D eigenvalue weighted by molar-refractivity contribution is 5.96. The molecule has 0 unspecified atom stereocenters. The van der Waals surface area contributed by atoms with Gasteiger partial charge in [0.05, 0.1) is 5.41 Å². The first-order valence-electron chi connectivity index (χ1n) is 10.8. The van der Waals surface area contributed by atoms with Crippen molar-refractivity contribution in [3.05, 3.63) is 29.8 Å². The number of hydrogen-bond acceptors (Lipinski definition) is 4. The Morgan fingerprint density at radius 3 is 2.14 bits per heavy atom. The van der Waals surface area contributed by atoms with Gasteiger partial charge in [0.25, 0.3) is 5.91 Å². The summed E-state index contributed by atoms with van der Waals surface area (Å²) < 4.78 is 5.81. The largest absolute Gasteiger partial charge is 0.448 e. The maximum Gasteiger partial charge on any atom is 0.313 e. The molecule has 5 nitrogen and oxygen atoms in total. The van der Waals surface area contributed by atoms with Crippen LogP contribution in [0.4, 0.5) is 5.69 Å². The van der Waals surface area contributed by atoms with Crippen LogP contribution < -0.4 is 4.90 Å². The minimum atomic E-state index is -0.996. The molecule has 158 valence electrons. The van der Waals surface area contributed by atoms with Crippen molar-refractivity contribution in [1.82, 2.24) is 4.90 Å². The summed E-state index contributed by atoms with van der Waals surface area (Å²) >= 11 is 0. The predicted octanol–water partition coefficient (Wildman–Crippen LogP) is 3.75. The number of rotatable bonds is 2. The number of piperazine rings is 1. The van der Waals surface area contributed by atoms with Crippen molar-refractivity contribution in [3.8, 4) is 0 Å². The second-order valence-corrected chi connectivity index (χ2v) is 10.7. The fourth-order valence-corrected chi connectivity index (χ4v) is 5.51. The van der Waals surface area contributed by atoms with Gasteiger partial charge in [0.15, 0.2) is 5.60 Å². The quantitative estimate of drug-likeness (QED) is 0.712. The number of fused-ring (bicyclic) bond motifs is 2. The molecule has 0 N–H and O–H groups in total. The third-order valence-corrected chi connectivity index (χ3v) is 8.05. The number of ether oxygens (including phenoxy) is 1. The summed E-state index contributed by atoms with van der Waals surface area (Å²) in [7, 11) is 0. The van der Waals surface area contributed by atoms with Crippen LogP contribution in [0.25, 0.3) is 0 Å². The number of carbonyl (C=O) groups is 2. The summed E-state index contributed by atoms with van der Waals surface area (Å²) in [5, 5.41) is 0. The fraction of sp³-hybridized carbons (Fsp3) is 0.667. The topological polar surface area (TPSA) is 49.9 Å². The third kappa shape index (κ3) is 2.65. The van der Waals surface area contributed by atoms with E-state index in [1.165, 1.54) is 11.3 Å². The SMILES string of the molecule is CC(C)(C)c1ccccc1N1CCN(C(=O)[C@@]23CC[C@@](C)(C(=O)O2)C3(C)C)CC1. The number of anilines is 1. The minimum absolute atomic E-state index is 0.000770. The van der Waals surface area contributed by atoms with E-state index in [2.05, 4.69) is 49.9 Å². The normalized spacial score (nSPS) is 31.2. The molecule has 1 saturated carbocycles. The van der Waals surface area contributed by atoms with Crippen molar-refractivity contribution in [2.45, 2.75) is 65.4 Å². The molecule has 1 aromatic carbocycles. The van der Waals surface area contributed by atoms with E-state index in [4.69, 9.17) is 4.74 Å². The van der Waals surface area contributed by atoms with Crippen molar-refractivity contribution in [1.29, 1.82) is 0 Å². The molecule has 0 radical (unpaired) electrons. The Bertz CT molecular complexity index is 848. The summed E-state index contributed by atoms with van der Waals surface area (Å²) in [6.45, 7) is 15.6. The molecular weight excluding hydrogens is 364 g/mol. The lowest BCUT2D eigenvalue weighted by molar-refractivity contribution is -0.174. The van der Waals surface area contributed by atoms with Gasteiger partial charge in [0, 0.05) is 37.3 Å². The molecular formula is C24H34N2O3. The fourth-order valence-electron chi connectivity index (χ4n) is 5.51. The molecule has 0 aromatic heterocycles. The van der Waals surface area contributed by atoms with Crippen LogP contribution >= 0.6 is 0 Å². The number of benzene rings is 1. The van der Waals surface area contributed by atoms with Gasteiger partial charge in [-0.05, 0) is 36.8 Å². The van der Waals surface area contributed by atoms with Crippen LogP contribution in [0.3, 0.4) is 0 Å². The third-order valence-electron chi connectivity index (χ3n) is 8.05. The molecule has 2 bridgehead atoms. The van der Waals surface area contributed by atoms with E-state index in [1.807, 2.05) is 25.7 Å². The predicted molar refractivity (Wildman–Crippen MR) is 114 cm³/mol. The average Bonchev–Trinajstić information content (AvgIpc) is 2.97. The Morgan fingerprint density at radius 1 is 1.00 bits per heavy atom. The summed E-state index contributed by atoms with van der Waals surface area (Å²) in [5.74, 6) is -0.208. The van der Waals surface area contributed by atoms with Crippen LogP contribution in [0.15, 0.2) is 24.3 Å². The van der Waals surface area contributed by atoms with E-state index >= 15 is 0 Å². The highest BCUT2D eigenvalue weighted by Gasteiger charge is 2.76. The standard InChI is InChI=1S/C24H34N2O3/c1-21(2,3)17-9-7-8-10-18(17)25-13-15-26(16-14-25)19(27)24-12-11-23(6,20(28)29-24)22(24,4)5/h7-10H,11-16H2,1-6H3/t23-,24+/m0/s1. The Labute approximate surface area is 174 Å². The Hall–Kier alpha value is -2.04. The zero-order valence-electron chi connectivity index (χ0n) is 18.7. The number of esters is 1. The minimum Gasteiger partial charge on any atom is -0.448 e. The van der Waals surface area contributed by atoms with Crippen LogP contribution in [-0.4, -0.2) is 48.6 Å². The Balaban J connectivity index is 1.52. The van der Waals surface area contributed by atoms with Crippen molar-refractivity contribution < 1.29 is 14.3 Å². The maximum atomic E-state index is 13.6. The van der Waals surface area contributed by atoms with Crippen LogP contribution in [0, 0.1) is 10.8 Å². The number of para-hydroxylation sites is 1. The first kappa shape index (κ1) is 20.2. The van der Waals surface area contributed by atoms with Crippen LogP contribution in [-0.2, 0) is 19.7 Å². The van der Waals surface area contributed by atoms with Gasteiger partial charge >= 0.3 is 5.97 Å². The first-order valence-corrected chi connectivity index (χ1v) is 10.8. The van der Waals surface area contributed by atoms with Crippen molar-refractivity contribution in [2.75, 3.05) is 31.1 Å². The van der Waals surface area contributed by atoms with E-state index in [0.717, 1.165) is 19.5 Å². The van der Waals surface area contributed by atoms with Gasteiger partial charge in [0.2, 0.25) is 0 Å². The lowest BCUT2D eigenvalue weighted by Gasteiger charge is -2.43. The smallest absolute Gasteiger partial charge is 0.313 e. The molecule has 29 heavy (non-hydrogen) atoms. The molecule has 5 heteroatoms. The second kappa shape index (κ2) is 6.23. The second-order valence-electron chi connectivity index (χ2n) is 10.7. The lowest BCUT2D eigenvalue weighted by atomic mass is 9.66. The molecule has 2 aliphatic heterocycles. The van der Waals surface area contributed by atoms with Gasteiger partial charge in [-0.2, -0.15) is 0 Å². The van der Waals surface area contributed by atoms with Gasteiger partial charge < -0.3 is 14.5 Å². The molecule has 2 saturated heterocycles. The molecule has 3 fully saturated rings. The van der Waals surface area contributed by atoms with Crippen LogP contribution in [0.1, 0.15) is 59.9 Å². The zero-order chi connectivity index (χ0) is 21.2. The highest BCUT2D eigenvalue weighted by atomic mass is 16.6. The van der Waals surface area contributed by atoms with E-state index in [0.29, 0.717) is 19.5 Å². The van der Waals surface area contributed by atoms with E-state index in [1.54, 1.807) is 0 Å². The average molecular weight is 399 g/mol. The number of amides is 1. The summed E-state index contributed by atoms with van der Waals surface area (Å²) in [5.41, 5.74) is 0.617. The molecule has 1 aromatic rings. The monoisotopic (exact) mass is 398 g/mol. The first-order chi connectivity index (χ1) is 13.4. The molecule has 4 rings (SSSR count). The van der Waals surface area contributed by atoms with Gasteiger partial charge in [-0.1, -0.05) is 52.8 Å². The Kier molecular flexibility index (Phi) is 4.35. The number of hydrogen-bond donors (Lipinski definition) is 0. The van der Waals surface area contributed by atoms with E-state index in [-0.39, 0.29) is 17.3 Å². The zero-order valence-corrected chi connectivity index (χ0v) is 18.7. The van der Waals surface area contributed by atoms with Gasteiger partial charge in [0.1, 0.15) is 0 Å². The van der Waals surface area contributed by atoms with Gasteiger partial charge in [-0.15, -0.1) is 0 Å². The molecule has 2 atom stereocenters. The number of carbonyl (C=O) groups excluding carboxylic acids is 2. The van der Waals surface area contributed by atoms with Gasteiger partial charge in [-0.25, -0.2) is 0 Å². The molecule has 3 aliphatic rings. The van der Waals surface area contributed by atoms with Crippen LogP contribution in [0.5, 0.6) is 0 Å². The molecule has 1 amide bonds. The lowest BCUT2D eigenvalue weighted by Crippen LogP contribution is -2.59. The van der Waals surface area contributed by atoms with Crippen molar-refractivity contribution >= 4 is 17.6 Å². The van der Waals surface area contributed by atoms with Gasteiger partial charge in [-0.3, -0.25) is 9.59 Å². The summed E-state index contributed by atoms with van der Waals surface area (Å²) in [6, 6.07) is 8.56. The summed E-state index contributed by atoms with van der Waals surface area (Å²) in [6.07, 6.45) is 1.36.